The van der Waals surface area contributed by atoms with Crippen LogP contribution >= 0.6 is 7.82 Å². The van der Waals surface area contributed by atoms with Crippen molar-refractivity contribution in [3.63, 3.8) is 0 Å². The number of rotatable bonds is 46. The van der Waals surface area contributed by atoms with Crippen LogP contribution in [0.3, 0.4) is 0 Å². The number of unbranched alkanes of at least 4 members (excludes halogenated alkanes) is 31. The molecule has 0 rings (SSSR count). The number of ether oxygens (including phenoxy) is 2. The molecule has 0 aromatic carbocycles. The molecule has 2 atom stereocenters. The van der Waals surface area contributed by atoms with E-state index in [0.29, 0.717) is 6.42 Å². The van der Waals surface area contributed by atoms with Crippen molar-refractivity contribution in [3.05, 3.63) is 12.2 Å². The van der Waals surface area contributed by atoms with Gasteiger partial charge in [-0.25, -0.2) is 4.57 Å². The van der Waals surface area contributed by atoms with Crippen LogP contribution in [0.2, 0.25) is 0 Å². The molecule has 0 saturated carbocycles. The predicted molar refractivity (Wildman–Crippen MR) is 238 cm³/mol. The van der Waals surface area contributed by atoms with Gasteiger partial charge in [-0.1, -0.05) is 212 Å². The Hall–Kier alpha value is -1.25. The summed E-state index contributed by atoms with van der Waals surface area (Å²) in [5.41, 5.74) is 5.35. The van der Waals surface area contributed by atoms with Gasteiger partial charge in [0.2, 0.25) is 0 Å². The van der Waals surface area contributed by atoms with Crippen molar-refractivity contribution in [2.75, 3.05) is 26.4 Å². The van der Waals surface area contributed by atoms with E-state index in [2.05, 4.69) is 26.0 Å². The van der Waals surface area contributed by atoms with E-state index >= 15 is 0 Å². The molecule has 3 N–H and O–H groups in total. The average molecular weight is 830 g/mol. The Morgan fingerprint density at radius 3 is 1.32 bits per heavy atom. The Bertz CT molecular complexity index is 948. The monoisotopic (exact) mass is 830 g/mol. The lowest BCUT2D eigenvalue weighted by molar-refractivity contribution is -0.161. The summed E-state index contributed by atoms with van der Waals surface area (Å²) in [4.78, 5) is 34.8. The third kappa shape index (κ3) is 44.1. The molecular weight excluding hydrogens is 737 g/mol. The maximum absolute atomic E-state index is 12.5. The topological polar surface area (TPSA) is 134 Å². The maximum atomic E-state index is 12.5. The lowest BCUT2D eigenvalue weighted by Crippen LogP contribution is -2.29. The fourth-order valence-corrected chi connectivity index (χ4v) is 7.82. The highest BCUT2D eigenvalue weighted by molar-refractivity contribution is 7.47. The van der Waals surface area contributed by atoms with E-state index in [9.17, 15) is 19.0 Å². The molecule has 0 bridgehead atoms. The second kappa shape index (κ2) is 44.3. The van der Waals surface area contributed by atoms with Gasteiger partial charge in [-0.2, -0.15) is 0 Å². The van der Waals surface area contributed by atoms with E-state index in [1.54, 1.807) is 0 Å². The van der Waals surface area contributed by atoms with Crippen LogP contribution in [0.15, 0.2) is 12.2 Å². The Morgan fingerprint density at radius 1 is 0.509 bits per heavy atom. The molecule has 0 aliphatic carbocycles. The van der Waals surface area contributed by atoms with Gasteiger partial charge in [-0.15, -0.1) is 0 Å². The molecule has 0 aromatic rings. The standard InChI is InChI=1S/C47H92NO8P/c1-3-5-7-9-11-13-15-16-17-18-19-20-21-22-23-24-25-26-27-28-29-30-32-33-35-37-39-46(49)53-43-45(44-55-57(51,52)54-42-41-48)56-47(50)40-38-36-34-31-14-12-10-8-6-4-2/h8,10,45H,3-7,9,11-44,48H2,1-2H3,(H,51,52)/b10-8-. The third-order valence-corrected chi connectivity index (χ3v) is 11.6. The summed E-state index contributed by atoms with van der Waals surface area (Å²) in [6, 6.07) is 0. The summed E-state index contributed by atoms with van der Waals surface area (Å²) >= 11 is 0. The fourth-order valence-electron chi connectivity index (χ4n) is 7.05. The highest BCUT2D eigenvalue weighted by Crippen LogP contribution is 2.43. The molecule has 0 radical (unpaired) electrons. The van der Waals surface area contributed by atoms with Crippen LogP contribution in [0.4, 0.5) is 0 Å². The molecule has 0 heterocycles. The summed E-state index contributed by atoms with van der Waals surface area (Å²) in [5.74, 6) is -0.829. The van der Waals surface area contributed by atoms with E-state index in [0.717, 1.165) is 57.8 Å². The lowest BCUT2D eigenvalue weighted by Gasteiger charge is -2.19. The number of carbonyl (C=O) groups excluding carboxylic acids is 2. The normalized spacial score (nSPS) is 13.3. The van der Waals surface area contributed by atoms with Gasteiger partial charge in [0.25, 0.3) is 0 Å². The van der Waals surface area contributed by atoms with E-state index in [1.165, 1.54) is 154 Å². The number of hydrogen-bond acceptors (Lipinski definition) is 8. The first-order valence-electron chi connectivity index (χ1n) is 24.2. The molecule has 2 unspecified atom stereocenters. The molecule has 0 saturated heterocycles. The van der Waals surface area contributed by atoms with Crippen LogP contribution in [-0.2, 0) is 32.7 Å². The van der Waals surface area contributed by atoms with E-state index in [1.807, 2.05) is 0 Å². The smallest absolute Gasteiger partial charge is 0.462 e. The molecule has 0 fully saturated rings. The summed E-state index contributed by atoms with van der Waals surface area (Å²) in [6.07, 6.45) is 47.1. The van der Waals surface area contributed by atoms with E-state index < -0.39 is 26.5 Å². The van der Waals surface area contributed by atoms with E-state index in [-0.39, 0.29) is 38.6 Å². The number of allylic oxidation sites excluding steroid dienone is 2. The molecule has 338 valence electrons. The van der Waals surface area contributed by atoms with Crippen LogP contribution in [0, 0.1) is 0 Å². The molecule has 57 heavy (non-hydrogen) atoms. The van der Waals surface area contributed by atoms with E-state index in [4.69, 9.17) is 24.3 Å². The van der Waals surface area contributed by atoms with Crippen LogP contribution < -0.4 is 5.73 Å². The van der Waals surface area contributed by atoms with Crippen molar-refractivity contribution in [2.24, 2.45) is 5.73 Å². The van der Waals surface area contributed by atoms with Crippen molar-refractivity contribution >= 4 is 19.8 Å². The van der Waals surface area contributed by atoms with Crippen molar-refractivity contribution in [2.45, 2.75) is 251 Å². The molecule has 10 heteroatoms. The van der Waals surface area contributed by atoms with Gasteiger partial charge < -0.3 is 20.1 Å². The number of phosphoric acid groups is 1. The Balaban J connectivity index is 3.87. The molecule has 0 aliphatic heterocycles. The first-order chi connectivity index (χ1) is 27.8. The van der Waals surface area contributed by atoms with Crippen LogP contribution in [0.25, 0.3) is 0 Å². The zero-order chi connectivity index (χ0) is 41.8. The van der Waals surface area contributed by atoms with Gasteiger partial charge >= 0.3 is 19.8 Å². The second-order valence-electron chi connectivity index (χ2n) is 16.3. The van der Waals surface area contributed by atoms with Gasteiger partial charge in [-0.3, -0.25) is 18.6 Å². The number of carbonyl (C=O) groups is 2. The van der Waals surface area contributed by atoms with Gasteiger partial charge in [0.1, 0.15) is 6.61 Å². The Kier molecular flexibility index (Phi) is 43.3. The zero-order valence-corrected chi connectivity index (χ0v) is 38.2. The maximum Gasteiger partial charge on any atom is 0.472 e. The van der Waals surface area contributed by atoms with Gasteiger partial charge in [0.05, 0.1) is 13.2 Å². The molecule has 0 spiro atoms. The van der Waals surface area contributed by atoms with Gasteiger partial charge in [-0.05, 0) is 32.1 Å². The van der Waals surface area contributed by atoms with Crippen molar-refractivity contribution in [1.29, 1.82) is 0 Å². The number of nitrogens with two attached hydrogens (primary N) is 1. The molecule has 0 amide bonds. The molecule has 0 aliphatic rings. The van der Waals surface area contributed by atoms with Crippen molar-refractivity contribution in [3.8, 4) is 0 Å². The minimum absolute atomic E-state index is 0.0547. The third-order valence-electron chi connectivity index (χ3n) is 10.6. The summed E-state index contributed by atoms with van der Waals surface area (Å²) < 4.78 is 32.8. The minimum Gasteiger partial charge on any atom is -0.462 e. The number of phosphoric ester groups is 1. The number of hydrogen-bond donors (Lipinski definition) is 2. The fraction of sp³-hybridized carbons (Fsp3) is 0.915. The van der Waals surface area contributed by atoms with Gasteiger partial charge in [0.15, 0.2) is 6.10 Å². The SMILES string of the molecule is CCC/C=C\CCCCCCCC(=O)OC(COC(=O)CCCCCCCCCCCCCCCCCCCCCCCCCCCC)COP(=O)(O)OCCN. The molecule has 9 nitrogen and oxygen atoms in total. The largest absolute Gasteiger partial charge is 0.472 e. The first-order valence-corrected chi connectivity index (χ1v) is 25.7. The van der Waals surface area contributed by atoms with Crippen LogP contribution in [0.5, 0.6) is 0 Å². The average Bonchev–Trinajstić information content (AvgIpc) is 3.20. The summed E-state index contributed by atoms with van der Waals surface area (Å²) in [7, 11) is -4.37. The van der Waals surface area contributed by atoms with Crippen LogP contribution in [-0.4, -0.2) is 49.3 Å². The van der Waals surface area contributed by atoms with Crippen LogP contribution in [0.1, 0.15) is 245 Å². The zero-order valence-electron chi connectivity index (χ0n) is 37.3. The minimum atomic E-state index is -4.37. The summed E-state index contributed by atoms with van der Waals surface area (Å²) in [6.45, 7) is 3.69. The molecular formula is C47H92NO8P. The van der Waals surface area contributed by atoms with Crippen molar-refractivity contribution in [1.82, 2.24) is 0 Å². The Morgan fingerprint density at radius 2 is 0.895 bits per heavy atom. The second-order valence-corrected chi connectivity index (χ2v) is 17.8. The highest BCUT2D eigenvalue weighted by atomic mass is 31.2. The predicted octanol–water partition coefficient (Wildman–Crippen LogP) is 14.2. The highest BCUT2D eigenvalue weighted by Gasteiger charge is 2.26. The molecule has 0 aromatic heterocycles. The summed E-state index contributed by atoms with van der Waals surface area (Å²) in [5, 5.41) is 0. The quantitative estimate of drug-likeness (QED) is 0.0266. The van der Waals surface area contributed by atoms with Gasteiger partial charge in [0, 0.05) is 19.4 Å². The number of esters is 2. The van der Waals surface area contributed by atoms with Crippen molar-refractivity contribution < 1.29 is 37.6 Å². The lowest BCUT2D eigenvalue weighted by atomic mass is 10.0. The Labute approximate surface area is 351 Å². The first kappa shape index (κ1) is 55.8.